The van der Waals surface area contributed by atoms with Crippen LogP contribution in [0.1, 0.15) is 57.6 Å². The van der Waals surface area contributed by atoms with Crippen LogP contribution in [-0.2, 0) is 11.2 Å². The van der Waals surface area contributed by atoms with Gasteiger partial charge in [-0.1, -0.05) is 0 Å². The molecule has 0 aromatic carbocycles. The van der Waals surface area contributed by atoms with Crippen molar-refractivity contribution in [3.8, 4) is 0 Å². The van der Waals surface area contributed by atoms with Gasteiger partial charge in [-0.2, -0.15) is 0 Å². The average molecular weight is 279 g/mol. The summed E-state index contributed by atoms with van der Waals surface area (Å²) in [4.78, 5) is 16.0. The van der Waals surface area contributed by atoms with Crippen molar-refractivity contribution in [3.05, 3.63) is 17.7 Å². The fourth-order valence-corrected chi connectivity index (χ4v) is 2.42. The molecule has 1 fully saturated rings. The number of carbonyl (C=O) groups excluding carboxylic acids is 1. The minimum atomic E-state index is -0.453. The number of imidazole rings is 1. The molecule has 20 heavy (non-hydrogen) atoms. The molecule has 1 N–H and O–H groups in total. The van der Waals surface area contributed by atoms with Gasteiger partial charge in [-0.25, -0.2) is 9.78 Å². The third kappa shape index (κ3) is 3.74. The van der Waals surface area contributed by atoms with Gasteiger partial charge in [-0.05, 0) is 47.0 Å². The Morgan fingerprint density at radius 3 is 2.75 bits per heavy atom. The molecule has 1 saturated carbocycles. The molecule has 1 heterocycles. The predicted molar refractivity (Wildman–Crippen MR) is 77.8 cm³/mol. The second-order valence-corrected chi connectivity index (χ2v) is 6.45. The molecule has 0 saturated heterocycles. The van der Waals surface area contributed by atoms with Gasteiger partial charge in [0.15, 0.2) is 0 Å². The summed E-state index contributed by atoms with van der Waals surface area (Å²) in [6.07, 6.45) is 6.08. The first kappa shape index (κ1) is 14.9. The summed E-state index contributed by atoms with van der Waals surface area (Å²) in [5, 5.41) is 2.78. The number of rotatable bonds is 4. The third-order valence-electron chi connectivity index (χ3n) is 3.52. The predicted octanol–water partition coefficient (Wildman–Crippen LogP) is 2.98. The highest BCUT2D eigenvalue weighted by Crippen LogP contribution is 2.33. The van der Waals surface area contributed by atoms with Crippen LogP contribution < -0.4 is 5.32 Å². The quantitative estimate of drug-likeness (QED) is 0.921. The van der Waals surface area contributed by atoms with E-state index in [-0.39, 0.29) is 6.09 Å². The van der Waals surface area contributed by atoms with E-state index in [0.717, 1.165) is 12.2 Å². The van der Waals surface area contributed by atoms with Crippen molar-refractivity contribution >= 4 is 6.09 Å². The number of alkyl carbamates (subject to hydrolysis) is 1. The number of nitrogens with one attached hydrogen (secondary N) is 1. The monoisotopic (exact) mass is 279 g/mol. The molecule has 0 atom stereocenters. The van der Waals surface area contributed by atoms with Crippen LogP contribution in [-0.4, -0.2) is 27.8 Å². The van der Waals surface area contributed by atoms with E-state index in [4.69, 9.17) is 4.74 Å². The van der Waals surface area contributed by atoms with Crippen molar-refractivity contribution < 1.29 is 9.53 Å². The lowest BCUT2D eigenvalue weighted by molar-refractivity contribution is 0.0528. The first-order chi connectivity index (χ1) is 9.37. The Balaban J connectivity index is 1.84. The molecule has 1 aromatic rings. The number of carbonyl (C=O) groups is 1. The molecule has 2 rings (SSSR count). The summed E-state index contributed by atoms with van der Waals surface area (Å²) < 4.78 is 7.53. The molecule has 0 spiro atoms. The van der Waals surface area contributed by atoms with Gasteiger partial charge < -0.3 is 14.6 Å². The molecule has 0 unspecified atom stereocenters. The second-order valence-electron chi connectivity index (χ2n) is 6.45. The molecular formula is C15H25N3O2. The second kappa shape index (κ2) is 5.85. The minimum absolute atomic E-state index is 0.365. The lowest BCUT2D eigenvalue weighted by atomic mass is 9.92. The lowest BCUT2D eigenvalue weighted by Gasteiger charge is -2.29. The first-order valence-corrected chi connectivity index (χ1v) is 7.36. The molecule has 1 aromatic heterocycles. The van der Waals surface area contributed by atoms with E-state index in [9.17, 15) is 4.79 Å². The highest BCUT2D eigenvalue weighted by Gasteiger charge is 2.23. The number of nitrogens with zero attached hydrogens (tertiary/aromatic N) is 2. The maximum absolute atomic E-state index is 11.6. The molecule has 1 aliphatic carbocycles. The van der Waals surface area contributed by atoms with Crippen molar-refractivity contribution in [2.45, 2.75) is 65.0 Å². The maximum atomic E-state index is 11.6. The molecule has 1 aliphatic rings. The van der Waals surface area contributed by atoms with Crippen LogP contribution in [0.25, 0.3) is 0 Å². The van der Waals surface area contributed by atoms with Gasteiger partial charge in [0, 0.05) is 30.9 Å². The average Bonchev–Trinajstić information content (AvgIpc) is 2.57. The molecule has 1 amide bonds. The molecule has 5 nitrogen and oxygen atoms in total. The van der Waals surface area contributed by atoms with Gasteiger partial charge in [0.05, 0.1) is 0 Å². The molecule has 0 bridgehead atoms. The van der Waals surface area contributed by atoms with E-state index in [2.05, 4.69) is 21.8 Å². The third-order valence-corrected chi connectivity index (χ3v) is 3.52. The highest BCUT2D eigenvalue weighted by atomic mass is 16.6. The van der Waals surface area contributed by atoms with Crippen LogP contribution in [0.5, 0.6) is 0 Å². The Morgan fingerprint density at radius 2 is 2.20 bits per heavy atom. The Bertz CT molecular complexity index is 470. The fourth-order valence-electron chi connectivity index (χ4n) is 2.42. The van der Waals surface area contributed by atoms with Crippen molar-refractivity contribution in [2.75, 3.05) is 6.54 Å². The van der Waals surface area contributed by atoms with E-state index in [1.165, 1.54) is 25.0 Å². The molecule has 112 valence electrons. The Hall–Kier alpha value is -1.52. The number of ether oxygens (including phenoxy) is 1. The maximum Gasteiger partial charge on any atom is 0.407 e. The van der Waals surface area contributed by atoms with Gasteiger partial charge >= 0.3 is 6.09 Å². The van der Waals surface area contributed by atoms with Crippen molar-refractivity contribution in [1.29, 1.82) is 0 Å². The molecular weight excluding hydrogens is 254 g/mol. The van der Waals surface area contributed by atoms with Gasteiger partial charge in [0.25, 0.3) is 0 Å². The van der Waals surface area contributed by atoms with Crippen LogP contribution in [0.3, 0.4) is 0 Å². The van der Waals surface area contributed by atoms with Crippen molar-refractivity contribution in [3.63, 3.8) is 0 Å². The summed E-state index contributed by atoms with van der Waals surface area (Å²) in [6, 6.07) is 0.606. The molecule has 5 heteroatoms. The van der Waals surface area contributed by atoms with Crippen LogP contribution in [0.15, 0.2) is 6.20 Å². The number of aryl methyl sites for hydroxylation is 1. The molecule has 0 aliphatic heterocycles. The zero-order valence-corrected chi connectivity index (χ0v) is 12.9. The summed E-state index contributed by atoms with van der Waals surface area (Å²) in [5.74, 6) is 1.06. The highest BCUT2D eigenvalue weighted by molar-refractivity contribution is 5.67. The zero-order chi connectivity index (χ0) is 14.8. The van der Waals surface area contributed by atoms with Crippen molar-refractivity contribution in [2.24, 2.45) is 0 Å². The SMILES string of the molecule is Cc1cnc(CCNC(=O)OC(C)(C)C)n1C1CCC1. The van der Waals surface area contributed by atoms with Gasteiger partial charge in [0.1, 0.15) is 11.4 Å². The summed E-state index contributed by atoms with van der Waals surface area (Å²) in [7, 11) is 0. The smallest absolute Gasteiger partial charge is 0.407 e. The minimum Gasteiger partial charge on any atom is -0.444 e. The Morgan fingerprint density at radius 1 is 1.50 bits per heavy atom. The number of hydrogen-bond donors (Lipinski definition) is 1. The fraction of sp³-hybridized carbons (Fsp3) is 0.733. The summed E-state index contributed by atoms with van der Waals surface area (Å²) >= 11 is 0. The number of aromatic nitrogens is 2. The number of hydrogen-bond acceptors (Lipinski definition) is 3. The van der Waals surface area contributed by atoms with Crippen molar-refractivity contribution in [1.82, 2.24) is 14.9 Å². The summed E-state index contributed by atoms with van der Waals surface area (Å²) in [6.45, 7) is 8.23. The lowest BCUT2D eigenvalue weighted by Crippen LogP contribution is -2.34. The van der Waals surface area contributed by atoms with Gasteiger partial charge in [-0.3, -0.25) is 0 Å². The van der Waals surface area contributed by atoms with E-state index >= 15 is 0 Å². The van der Waals surface area contributed by atoms with Crippen LogP contribution in [0, 0.1) is 6.92 Å². The Kier molecular flexibility index (Phi) is 4.35. The van der Waals surface area contributed by atoms with E-state index in [0.29, 0.717) is 12.6 Å². The zero-order valence-electron chi connectivity index (χ0n) is 12.9. The van der Waals surface area contributed by atoms with Crippen LogP contribution in [0.2, 0.25) is 0 Å². The van der Waals surface area contributed by atoms with E-state index < -0.39 is 5.60 Å². The topological polar surface area (TPSA) is 56.1 Å². The normalized spacial score (nSPS) is 15.8. The standard InChI is InChI=1S/C15H25N3O2/c1-11-10-17-13(18(11)12-6-5-7-12)8-9-16-14(19)20-15(2,3)4/h10,12H,5-9H2,1-4H3,(H,16,19). The largest absolute Gasteiger partial charge is 0.444 e. The van der Waals surface area contributed by atoms with Crippen LogP contribution >= 0.6 is 0 Å². The summed E-state index contributed by atoms with van der Waals surface area (Å²) in [5.41, 5.74) is 0.757. The van der Waals surface area contributed by atoms with Gasteiger partial charge in [0.2, 0.25) is 0 Å². The molecule has 0 radical (unpaired) electrons. The van der Waals surface area contributed by atoms with E-state index in [1.807, 2.05) is 27.0 Å². The first-order valence-electron chi connectivity index (χ1n) is 7.36. The Labute approximate surface area is 120 Å². The van der Waals surface area contributed by atoms with E-state index in [1.54, 1.807) is 0 Å². The van der Waals surface area contributed by atoms with Gasteiger partial charge in [-0.15, -0.1) is 0 Å². The number of amides is 1. The van der Waals surface area contributed by atoms with Crippen LogP contribution in [0.4, 0.5) is 4.79 Å².